The van der Waals surface area contributed by atoms with Crippen molar-refractivity contribution in [2.24, 2.45) is 0 Å². The zero-order valence-corrected chi connectivity index (χ0v) is 16.3. The normalized spacial score (nSPS) is 18.8. The Bertz CT molecular complexity index is 1170. The van der Waals surface area contributed by atoms with Gasteiger partial charge >= 0.3 is 0 Å². The lowest BCUT2D eigenvalue weighted by atomic mass is 10.0. The topological polar surface area (TPSA) is 69.3 Å². The highest BCUT2D eigenvalue weighted by atomic mass is 32.2. The van der Waals surface area contributed by atoms with Crippen LogP contribution < -0.4 is 0 Å². The van der Waals surface area contributed by atoms with Crippen LogP contribution in [-0.4, -0.2) is 46.6 Å². The molecule has 3 aromatic rings. The summed E-state index contributed by atoms with van der Waals surface area (Å²) in [5.41, 5.74) is 5.52. The Morgan fingerprint density at radius 3 is 2.61 bits per heavy atom. The molecular formula is C21H22N4O2S. The zero-order chi connectivity index (χ0) is 19.1. The smallest absolute Gasteiger partial charge is 0.282 e. The maximum absolute atomic E-state index is 13.2. The van der Waals surface area contributed by atoms with Gasteiger partial charge in [-0.05, 0) is 41.7 Å². The van der Waals surface area contributed by atoms with Crippen LogP contribution in [0.3, 0.4) is 0 Å². The summed E-state index contributed by atoms with van der Waals surface area (Å²) in [5.74, 6) is 0. The predicted octanol–water partition coefficient (Wildman–Crippen LogP) is 2.96. The number of rotatable bonds is 3. The van der Waals surface area contributed by atoms with Crippen molar-refractivity contribution in [3.8, 4) is 0 Å². The highest BCUT2D eigenvalue weighted by molar-refractivity contribution is 7.86. The molecule has 2 aliphatic heterocycles. The molecule has 0 spiro atoms. The molecule has 1 aromatic carbocycles. The molecule has 144 valence electrons. The molecule has 0 atom stereocenters. The Morgan fingerprint density at radius 1 is 0.964 bits per heavy atom. The van der Waals surface area contributed by atoms with E-state index in [1.54, 1.807) is 14.8 Å². The van der Waals surface area contributed by atoms with Crippen LogP contribution >= 0.6 is 0 Å². The molecule has 6 nitrogen and oxygen atoms in total. The number of fused-ring (bicyclic) bond motifs is 2. The molecule has 7 heteroatoms. The van der Waals surface area contributed by atoms with Crippen molar-refractivity contribution in [1.82, 2.24) is 18.6 Å². The van der Waals surface area contributed by atoms with Crippen LogP contribution in [0.25, 0.3) is 16.6 Å². The highest BCUT2D eigenvalue weighted by Gasteiger charge is 2.33. The second kappa shape index (κ2) is 6.84. The van der Waals surface area contributed by atoms with Gasteiger partial charge in [-0.15, -0.1) is 0 Å². The molecule has 0 fully saturated rings. The number of hydrogen-bond acceptors (Lipinski definition) is 3. The first kappa shape index (κ1) is 17.6. The molecule has 0 radical (unpaired) electrons. The summed E-state index contributed by atoms with van der Waals surface area (Å²) in [7, 11) is -3.46. The molecule has 28 heavy (non-hydrogen) atoms. The van der Waals surface area contributed by atoms with Gasteiger partial charge in [0.1, 0.15) is 5.65 Å². The molecule has 0 saturated carbocycles. The van der Waals surface area contributed by atoms with Crippen molar-refractivity contribution in [3.05, 3.63) is 71.6 Å². The second-order valence-corrected chi connectivity index (χ2v) is 9.23. The van der Waals surface area contributed by atoms with Gasteiger partial charge in [-0.25, -0.2) is 4.98 Å². The lowest BCUT2D eigenvalue weighted by molar-refractivity contribution is 0.334. The third kappa shape index (κ3) is 2.96. The Hall–Kier alpha value is -2.48. The van der Waals surface area contributed by atoms with Crippen molar-refractivity contribution in [3.63, 3.8) is 0 Å². The van der Waals surface area contributed by atoms with Crippen LogP contribution in [-0.2, 0) is 23.2 Å². The fourth-order valence-electron chi connectivity index (χ4n) is 4.16. The van der Waals surface area contributed by atoms with E-state index in [-0.39, 0.29) is 0 Å². The summed E-state index contributed by atoms with van der Waals surface area (Å²) in [5, 5.41) is 1.08. The number of aromatic amines is 1. The molecule has 0 amide bonds. The van der Waals surface area contributed by atoms with Gasteiger partial charge in [0, 0.05) is 49.5 Å². The first-order valence-electron chi connectivity index (χ1n) is 9.56. The molecular weight excluding hydrogens is 372 g/mol. The lowest BCUT2D eigenvalue weighted by Gasteiger charge is -2.34. The van der Waals surface area contributed by atoms with Crippen molar-refractivity contribution in [2.75, 3.05) is 19.6 Å². The standard InChI is InChI=1S/C21H22N4O2S/c26-28(27,25-13-7-16-4-1-2-5-18(16)15-25)24-11-8-17(9-12-24)20-14-23-21-19(20)6-3-10-22-21/h1-6,8,10,14H,7,9,11-13,15H2,(H,22,23). The van der Waals surface area contributed by atoms with Crippen LogP contribution in [0.4, 0.5) is 0 Å². The van der Waals surface area contributed by atoms with Gasteiger partial charge in [-0.2, -0.15) is 17.0 Å². The van der Waals surface area contributed by atoms with Gasteiger partial charge in [0.25, 0.3) is 10.2 Å². The number of hydrogen-bond donors (Lipinski definition) is 1. The quantitative estimate of drug-likeness (QED) is 0.743. The molecule has 0 bridgehead atoms. The second-order valence-electron chi connectivity index (χ2n) is 7.30. The number of benzene rings is 1. The van der Waals surface area contributed by atoms with Crippen LogP contribution in [0.5, 0.6) is 0 Å². The van der Waals surface area contributed by atoms with Gasteiger partial charge in [-0.3, -0.25) is 0 Å². The van der Waals surface area contributed by atoms with E-state index in [0.29, 0.717) is 32.6 Å². The molecule has 0 saturated heterocycles. The molecule has 0 aliphatic carbocycles. The Balaban J connectivity index is 1.36. The van der Waals surface area contributed by atoms with Crippen LogP contribution in [0.2, 0.25) is 0 Å². The SMILES string of the molecule is O=S(=O)(N1CC=C(c2c[nH]c3ncccc23)CC1)N1CCc2ccccc2C1. The van der Waals surface area contributed by atoms with E-state index in [0.717, 1.165) is 28.6 Å². The molecule has 2 aliphatic rings. The number of pyridine rings is 1. The van der Waals surface area contributed by atoms with Crippen molar-refractivity contribution < 1.29 is 8.42 Å². The average molecular weight is 395 g/mol. The molecule has 0 unspecified atom stereocenters. The summed E-state index contributed by atoms with van der Waals surface area (Å²) in [6.07, 6.45) is 7.24. The number of nitrogens with zero attached hydrogens (tertiary/aromatic N) is 3. The van der Waals surface area contributed by atoms with E-state index >= 15 is 0 Å². The lowest BCUT2D eigenvalue weighted by Crippen LogP contribution is -2.47. The van der Waals surface area contributed by atoms with Crippen molar-refractivity contribution in [1.29, 1.82) is 0 Å². The number of nitrogens with one attached hydrogen (secondary N) is 1. The van der Waals surface area contributed by atoms with Gasteiger partial charge in [0.05, 0.1) is 0 Å². The fourth-order valence-corrected chi connectivity index (χ4v) is 5.69. The third-order valence-electron chi connectivity index (χ3n) is 5.72. The zero-order valence-electron chi connectivity index (χ0n) is 15.5. The fraction of sp³-hybridized carbons (Fsp3) is 0.286. The van der Waals surface area contributed by atoms with Crippen molar-refractivity contribution in [2.45, 2.75) is 19.4 Å². The largest absolute Gasteiger partial charge is 0.346 e. The molecule has 1 N–H and O–H groups in total. The van der Waals surface area contributed by atoms with Crippen LogP contribution in [0.15, 0.2) is 54.9 Å². The van der Waals surface area contributed by atoms with Gasteiger partial charge in [-0.1, -0.05) is 30.3 Å². The Morgan fingerprint density at radius 2 is 1.79 bits per heavy atom. The minimum Gasteiger partial charge on any atom is -0.346 e. The summed E-state index contributed by atoms with van der Waals surface area (Å²) >= 11 is 0. The molecule has 4 heterocycles. The van der Waals surface area contributed by atoms with Gasteiger partial charge in [0.15, 0.2) is 0 Å². The Kier molecular flexibility index (Phi) is 4.30. The molecule has 5 rings (SSSR count). The first-order valence-corrected chi connectivity index (χ1v) is 11.0. The third-order valence-corrected chi connectivity index (χ3v) is 7.67. The van der Waals surface area contributed by atoms with Crippen LogP contribution in [0.1, 0.15) is 23.1 Å². The maximum atomic E-state index is 13.2. The average Bonchev–Trinajstić information content (AvgIpc) is 3.17. The predicted molar refractivity (Wildman–Crippen MR) is 110 cm³/mol. The van der Waals surface area contributed by atoms with Crippen molar-refractivity contribution >= 4 is 26.8 Å². The van der Waals surface area contributed by atoms with E-state index in [2.05, 4.69) is 16.0 Å². The summed E-state index contributed by atoms with van der Waals surface area (Å²) in [4.78, 5) is 7.53. The number of aromatic nitrogens is 2. The number of H-pyrrole nitrogens is 1. The summed E-state index contributed by atoms with van der Waals surface area (Å²) in [6.45, 7) is 1.90. The minimum atomic E-state index is -3.46. The Labute approximate surface area is 164 Å². The van der Waals surface area contributed by atoms with E-state index in [4.69, 9.17) is 0 Å². The van der Waals surface area contributed by atoms with Gasteiger partial charge < -0.3 is 4.98 Å². The summed E-state index contributed by atoms with van der Waals surface area (Å²) < 4.78 is 29.5. The van der Waals surface area contributed by atoms with E-state index < -0.39 is 10.2 Å². The van der Waals surface area contributed by atoms with E-state index in [1.165, 1.54) is 11.1 Å². The molecule has 2 aromatic heterocycles. The maximum Gasteiger partial charge on any atom is 0.282 e. The minimum absolute atomic E-state index is 0.406. The first-order chi connectivity index (χ1) is 13.6. The van der Waals surface area contributed by atoms with Crippen LogP contribution in [0, 0.1) is 0 Å². The monoisotopic (exact) mass is 394 g/mol. The highest BCUT2D eigenvalue weighted by Crippen LogP contribution is 2.30. The van der Waals surface area contributed by atoms with E-state index in [9.17, 15) is 8.42 Å². The van der Waals surface area contributed by atoms with E-state index in [1.807, 2.05) is 42.6 Å². The summed E-state index contributed by atoms with van der Waals surface area (Å²) in [6, 6.07) is 12.1. The van der Waals surface area contributed by atoms with Gasteiger partial charge in [0.2, 0.25) is 0 Å².